The van der Waals surface area contributed by atoms with Gasteiger partial charge < -0.3 is 10.1 Å². The van der Waals surface area contributed by atoms with E-state index in [1.54, 1.807) is 44.2 Å². The zero-order chi connectivity index (χ0) is 28.8. The van der Waals surface area contributed by atoms with Gasteiger partial charge in [0.15, 0.2) is 17.3 Å². The molecule has 0 spiro atoms. The third-order valence-corrected chi connectivity index (χ3v) is 5.71. The van der Waals surface area contributed by atoms with Gasteiger partial charge in [-0.1, -0.05) is 30.3 Å². The van der Waals surface area contributed by atoms with Gasteiger partial charge in [0, 0.05) is 24.4 Å². The fourth-order valence-electron chi connectivity index (χ4n) is 4.07. The van der Waals surface area contributed by atoms with Gasteiger partial charge in [-0.15, -0.1) is 10.2 Å². The monoisotopic (exact) mass is 553 g/mol. The van der Waals surface area contributed by atoms with Crippen molar-refractivity contribution in [3.05, 3.63) is 77.5 Å². The van der Waals surface area contributed by atoms with Gasteiger partial charge in [-0.2, -0.15) is 13.2 Å². The van der Waals surface area contributed by atoms with Crippen LogP contribution in [0.2, 0.25) is 0 Å². The van der Waals surface area contributed by atoms with Crippen molar-refractivity contribution in [2.24, 2.45) is 7.05 Å². The number of benzene rings is 1. The van der Waals surface area contributed by atoms with Gasteiger partial charge >= 0.3 is 12.1 Å². The first-order valence-corrected chi connectivity index (χ1v) is 11.6. The molecule has 1 amide bonds. The molecule has 14 heteroatoms. The van der Waals surface area contributed by atoms with Crippen molar-refractivity contribution in [2.75, 3.05) is 5.32 Å². The number of alkyl halides is 3. The predicted octanol–water partition coefficient (Wildman–Crippen LogP) is 4.67. The SMILES string of the molecule is Cc1cc(C)nc(-c2c(OC(=O)C(F)(F)F)nn(C)c2C(=O)Nc2cc3nc(-c4ccccc4)nn3cc2F)c1. The summed E-state index contributed by atoms with van der Waals surface area (Å²) in [4.78, 5) is 33.7. The molecule has 204 valence electrons. The largest absolute Gasteiger partial charge is 0.491 e. The molecule has 0 unspecified atom stereocenters. The standard InChI is InChI=1S/C26H19F4N7O3/c1-13-9-14(2)31-18(10-13)20-21(36(3)35-24(20)40-25(39)26(28,29)30)23(38)32-17-11-19-33-22(15-7-5-4-6-8-15)34-37(19)12-16(17)27/h4-12H,1-3H3,(H,32,38). The summed E-state index contributed by atoms with van der Waals surface area (Å²) < 4.78 is 60.6. The fourth-order valence-corrected chi connectivity index (χ4v) is 4.07. The van der Waals surface area contributed by atoms with Gasteiger partial charge in [-0.3, -0.25) is 14.5 Å². The van der Waals surface area contributed by atoms with Crippen LogP contribution < -0.4 is 10.1 Å². The number of esters is 1. The number of nitrogens with one attached hydrogen (secondary N) is 1. The Morgan fingerprint density at radius 3 is 2.40 bits per heavy atom. The minimum Gasteiger partial charge on any atom is -0.398 e. The normalized spacial score (nSPS) is 11.6. The van der Waals surface area contributed by atoms with E-state index in [0.717, 1.165) is 10.9 Å². The smallest absolute Gasteiger partial charge is 0.398 e. The molecule has 0 bridgehead atoms. The molecule has 0 atom stereocenters. The maximum Gasteiger partial charge on any atom is 0.491 e. The number of anilines is 1. The number of aromatic nitrogens is 6. The number of rotatable bonds is 5. The molecule has 40 heavy (non-hydrogen) atoms. The highest BCUT2D eigenvalue weighted by Crippen LogP contribution is 2.34. The van der Waals surface area contributed by atoms with E-state index in [4.69, 9.17) is 0 Å². The topological polar surface area (TPSA) is 116 Å². The molecule has 4 aromatic heterocycles. The molecule has 0 saturated carbocycles. The summed E-state index contributed by atoms with van der Waals surface area (Å²) >= 11 is 0. The zero-order valence-electron chi connectivity index (χ0n) is 21.1. The molecule has 0 radical (unpaired) electrons. The van der Waals surface area contributed by atoms with Crippen LogP contribution in [0.1, 0.15) is 21.7 Å². The molecule has 1 N–H and O–H groups in total. The van der Waals surface area contributed by atoms with E-state index in [2.05, 4.69) is 30.2 Å². The molecular formula is C26H19F4N7O3. The summed E-state index contributed by atoms with van der Waals surface area (Å²) in [7, 11) is 1.26. The lowest BCUT2D eigenvalue weighted by molar-refractivity contribution is -0.189. The summed E-state index contributed by atoms with van der Waals surface area (Å²) in [6.07, 6.45) is -4.29. The number of hydrogen-bond donors (Lipinski definition) is 1. The van der Waals surface area contributed by atoms with Crippen molar-refractivity contribution in [2.45, 2.75) is 20.0 Å². The Morgan fingerprint density at radius 2 is 1.73 bits per heavy atom. The molecule has 10 nitrogen and oxygen atoms in total. The zero-order valence-corrected chi connectivity index (χ0v) is 21.1. The highest BCUT2D eigenvalue weighted by Gasteiger charge is 2.43. The summed E-state index contributed by atoms with van der Waals surface area (Å²) in [5.41, 5.74) is 1.21. The lowest BCUT2D eigenvalue weighted by Gasteiger charge is -2.11. The second-order valence-corrected chi connectivity index (χ2v) is 8.80. The number of halogens is 4. The van der Waals surface area contributed by atoms with Crippen LogP contribution in [-0.4, -0.2) is 47.4 Å². The molecule has 0 saturated heterocycles. The molecule has 0 aliphatic rings. The number of pyridine rings is 2. The van der Waals surface area contributed by atoms with E-state index in [0.29, 0.717) is 22.6 Å². The highest BCUT2D eigenvalue weighted by atomic mass is 19.4. The molecule has 0 fully saturated rings. The van der Waals surface area contributed by atoms with Crippen LogP contribution in [0.3, 0.4) is 0 Å². The van der Waals surface area contributed by atoms with E-state index in [9.17, 15) is 22.8 Å². The Kier molecular flexibility index (Phi) is 6.53. The van der Waals surface area contributed by atoms with Crippen LogP contribution in [0.15, 0.2) is 54.7 Å². The maximum atomic E-state index is 15.0. The van der Waals surface area contributed by atoms with Gasteiger partial charge in [0.05, 0.1) is 23.1 Å². The average Bonchev–Trinajstić information content (AvgIpc) is 3.43. The van der Waals surface area contributed by atoms with Gasteiger partial charge in [0.2, 0.25) is 0 Å². The van der Waals surface area contributed by atoms with Crippen molar-refractivity contribution < 1.29 is 31.9 Å². The number of amides is 1. The molecule has 5 aromatic rings. The molecular weight excluding hydrogens is 534 g/mol. The molecule has 5 rings (SSSR count). The Hall–Kier alpha value is -5.14. The van der Waals surface area contributed by atoms with E-state index in [1.807, 2.05) is 6.07 Å². The summed E-state index contributed by atoms with van der Waals surface area (Å²) in [6, 6.07) is 13.4. The summed E-state index contributed by atoms with van der Waals surface area (Å²) in [6.45, 7) is 3.35. The second-order valence-electron chi connectivity index (χ2n) is 8.80. The quantitative estimate of drug-likeness (QED) is 0.248. The fraction of sp³-hybridized carbons (Fsp3) is 0.154. The number of carbonyl (C=O) groups excluding carboxylic acids is 2. The predicted molar refractivity (Wildman–Crippen MR) is 134 cm³/mol. The number of aryl methyl sites for hydroxylation is 3. The Bertz CT molecular complexity index is 1760. The Labute approximate surface area is 223 Å². The van der Waals surface area contributed by atoms with E-state index in [-0.39, 0.29) is 28.3 Å². The van der Waals surface area contributed by atoms with Crippen molar-refractivity contribution in [1.29, 1.82) is 0 Å². The van der Waals surface area contributed by atoms with Crippen LogP contribution in [0.25, 0.3) is 28.3 Å². The van der Waals surface area contributed by atoms with Gasteiger partial charge in [0.1, 0.15) is 5.69 Å². The Morgan fingerprint density at radius 1 is 1.00 bits per heavy atom. The van der Waals surface area contributed by atoms with Crippen LogP contribution in [0.5, 0.6) is 5.88 Å². The molecule has 4 heterocycles. The number of carbonyl (C=O) groups is 2. The lowest BCUT2D eigenvalue weighted by atomic mass is 10.1. The lowest BCUT2D eigenvalue weighted by Crippen LogP contribution is -2.28. The van der Waals surface area contributed by atoms with Crippen LogP contribution in [-0.2, 0) is 11.8 Å². The first-order chi connectivity index (χ1) is 18.9. The van der Waals surface area contributed by atoms with Crippen molar-refractivity contribution in [1.82, 2.24) is 29.4 Å². The molecule has 0 aliphatic heterocycles. The van der Waals surface area contributed by atoms with Gasteiger partial charge in [-0.25, -0.2) is 18.7 Å². The van der Waals surface area contributed by atoms with E-state index >= 15 is 4.39 Å². The van der Waals surface area contributed by atoms with Gasteiger partial charge in [0.25, 0.3) is 11.8 Å². The third kappa shape index (κ3) is 5.10. The van der Waals surface area contributed by atoms with Crippen molar-refractivity contribution in [3.8, 4) is 28.5 Å². The summed E-state index contributed by atoms with van der Waals surface area (Å²) in [5, 5.41) is 10.5. The number of fused-ring (bicyclic) bond motifs is 1. The first kappa shape index (κ1) is 26.5. The minimum atomic E-state index is -5.32. The van der Waals surface area contributed by atoms with Crippen LogP contribution >= 0.6 is 0 Å². The first-order valence-electron chi connectivity index (χ1n) is 11.6. The number of ether oxygens (including phenoxy) is 1. The molecule has 0 aliphatic carbocycles. The number of hydrogen-bond acceptors (Lipinski definition) is 7. The highest BCUT2D eigenvalue weighted by molar-refractivity contribution is 6.08. The molecule has 1 aromatic carbocycles. The van der Waals surface area contributed by atoms with Crippen LogP contribution in [0, 0.1) is 19.7 Å². The van der Waals surface area contributed by atoms with Crippen molar-refractivity contribution in [3.63, 3.8) is 0 Å². The van der Waals surface area contributed by atoms with E-state index in [1.165, 1.54) is 23.7 Å². The second kappa shape index (κ2) is 9.87. The number of nitrogens with zero attached hydrogens (tertiary/aromatic N) is 6. The maximum absolute atomic E-state index is 15.0. The average molecular weight is 553 g/mol. The van der Waals surface area contributed by atoms with Gasteiger partial charge in [-0.05, 0) is 31.5 Å². The van der Waals surface area contributed by atoms with Crippen LogP contribution in [0.4, 0.5) is 23.2 Å². The minimum absolute atomic E-state index is 0.0293. The third-order valence-electron chi connectivity index (χ3n) is 5.71. The van der Waals surface area contributed by atoms with Crippen molar-refractivity contribution >= 4 is 23.2 Å². The van der Waals surface area contributed by atoms with E-state index < -0.39 is 29.7 Å². The Balaban J connectivity index is 1.56. The summed E-state index contributed by atoms with van der Waals surface area (Å²) in [5.74, 6) is -4.79.